The van der Waals surface area contributed by atoms with E-state index in [-0.39, 0.29) is 36.5 Å². The van der Waals surface area contributed by atoms with Crippen LogP contribution in [0.5, 0.6) is 11.8 Å². The van der Waals surface area contributed by atoms with Crippen molar-refractivity contribution in [3.05, 3.63) is 46.9 Å². The topological polar surface area (TPSA) is 98.3 Å². The fourth-order valence-electron chi connectivity index (χ4n) is 7.13. The molecule has 3 aliphatic rings. The summed E-state index contributed by atoms with van der Waals surface area (Å²) in [5.74, 6) is 0.666. The zero-order valence-electron chi connectivity index (χ0n) is 26.2. The first-order chi connectivity index (χ1) is 21.8. The normalized spacial score (nSPS) is 21.1. The summed E-state index contributed by atoms with van der Waals surface area (Å²) in [7, 11) is 2.93. The van der Waals surface area contributed by atoms with Gasteiger partial charge in [-0.3, -0.25) is 9.69 Å². The van der Waals surface area contributed by atoms with Crippen molar-refractivity contribution in [2.45, 2.75) is 63.7 Å². The monoisotopic (exact) mass is 625 g/mol. The van der Waals surface area contributed by atoms with Gasteiger partial charge in [0.2, 0.25) is 0 Å². The summed E-state index contributed by atoms with van der Waals surface area (Å²) < 4.78 is 51.5. The Kier molecular flexibility index (Phi) is 9.23. The Bertz CT molecular complexity index is 1560. The number of nitrogens with zero attached hydrogens (tertiary/aromatic N) is 4. The van der Waals surface area contributed by atoms with E-state index in [4.69, 9.17) is 28.9 Å². The summed E-state index contributed by atoms with van der Waals surface area (Å²) in [6.07, 6.45) is 2.79. The lowest BCUT2D eigenvalue weighted by Crippen LogP contribution is -2.43. The second kappa shape index (κ2) is 13.3. The van der Waals surface area contributed by atoms with E-state index in [0.29, 0.717) is 69.2 Å². The molecule has 0 unspecified atom stereocenters. The van der Waals surface area contributed by atoms with Crippen molar-refractivity contribution in [3.8, 4) is 11.8 Å². The molecule has 0 saturated carbocycles. The third kappa shape index (κ3) is 6.35. The molecule has 1 aromatic heterocycles. The molecule has 0 aliphatic carbocycles. The first kappa shape index (κ1) is 31.2. The summed E-state index contributed by atoms with van der Waals surface area (Å²) >= 11 is 0. The summed E-state index contributed by atoms with van der Waals surface area (Å²) in [5, 5.41) is 5.02. The van der Waals surface area contributed by atoms with Crippen molar-refractivity contribution in [3.63, 3.8) is 0 Å². The number of halogens is 2. The van der Waals surface area contributed by atoms with E-state index < -0.39 is 6.17 Å². The van der Waals surface area contributed by atoms with E-state index in [0.717, 1.165) is 47.1 Å². The van der Waals surface area contributed by atoms with Crippen molar-refractivity contribution < 1.29 is 32.5 Å². The third-order valence-corrected chi connectivity index (χ3v) is 9.28. The van der Waals surface area contributed by atoms with Gasteiger partial charge in [-0.1, -0.05) is 13.0 Å². The van der Waals surface area contributed by atoms with Crippen LogP contribution in [0.1, 0.15) is 49.4 Å². The Hall–Kier alpha value is -3.77. The van der Waals surface area contributed by atoms with Crippen LogP contribution in [0.2, 0.25) is 0 Å². The van der Waals surface area contributed by atoms with Crippen molar-refractivity contribution >= 4 is 28.2 Å². The van der Waals surface area contributed by atoms with Crippen LogP contribution in [0.4, 0.5) is 20.3 Å². The van der Waals surface area contributed by atoms with Gasteiger partial charge in [-0.05, 0) is 55.3 Å². The summed E-state index contributed by atoms with van der Waals surface area (Å²) in [6.45, 7) is 5.03. The number of hydrogen-bond acceptors (Lipinski definition) is 10. The average molecular weight is 626 g/mol. The lowest BCUT2D eigenvalue weighted by atomic mass is 9.95. The number of rotatable bonds is 12. The number of esters is 1. The molecule has 10 nitrogen and oxygen atoms in total. The molecule has 3 aromatic rings. The van der Waals surface area contributed by atoms with Crippen LogP contribution < -0.4 is 19.7 Å². The average Bonchev–Trinajstić information content (AvgIpc) is 3.57. The number of benzene rings is 2. The molecule has 242 valence electrons. The minimum Gasteiger partial charge on any atom is -0.469 e. The minimum absolute atomic E-state index is 0.0895. The Morgan fingerprint density at radius 3 is 2.84 bits per heavy atom. The van der Waals surface area contributed by atoms with E-state index in [1.807, 2.05) is 19.1 Å². The number of aryl methyl sites for hydroxylation is 1. The highest BCUT2D eigenvalue weighted by molar-refractivity contribution is 5.98. The second-order valence-electron chi connectivity index (χ2n) is 12.0. The SMILES string of the molecule is CCc1c(F)ccc2cc(OCOC)cc(N3CCc4c(nc(OC[C@@]56CCCN5C[C@H](F)C6)nc4NCCC(=O)OC)C3)c12. The summed E-state index contributed by atoms with van der Waals surface area (Å²) in [6, 6.07) is 7.32. The quantitative estimate of drug-likeness (QED) is 0.223. The Labute approximate surface area is 262 Å². The maximum Gasteiger partial charge on any atom is 0.318 e. The van der Waals surface area contributed by atoms with E-state index in [9.17, 15) is 9.18 Å². The Morgan fingerprint density at radius 2 is 2.04 bits per heavy atom. The number of carbonyl (C=O) groups excluding carboxylic acids is 1. The molecular formula is C33H41F2N5O5. The van der Waals surface area contributed by atoms with Gasteiger partial charge in [0.1, 0.15) is 30.2 Å². The van der Waals surface area contributed by atoms with Gasteiger partial charge in [-0.15, -0.1) is 0 Å². The molecule has 2 aromatic carbocycles. The fraction of sp³-hybridized carbons (Fsp3) is 0.545. The zero-order chi connectivity index (χ0) is 31.6. The molecule has 12 heteroatoms. The van der Waals surface area contributed by atoms with Crippen LogP contribution in [0.15, 0.2) is 24.3 Å². The first-order valence-corrected chi connectivity index (χ1v) is 15.7. The molecule has 0 bridgehead atoms. The van der Waals surface area contributed by atoms with Gasteiger partial charge in [0.05, 0.1) is 31.3 Å². The first-order valence-electron chi connectivity index (χ1n) is 15.7. The van der Waals surface area contributed by atoms with E-state index >= 15 is 4.39 Å². The van der Waals surface area contributed by atoms with Crippen LogP contribution in [0, 0.1) is 5.82 Å². The van der Waals surface area contributed by atoms with Gasteiger partial charge in [-0.25, -0.2) is 8.78 Å². The maximum atomic E-state index is 15.1. The van der Waals surface area contributed by atoms with Crippen molar-refractivity contribution in [1.29, 1.82) is 0 Å². The number of carbonyl (C=O) groups is 1. The number of hydrogen-bond donors (Lipinski definition) is 1. The number of methoxy groups -OCH3 is 2. The van der Waals surface area contributed by atoms with Gasteiger partial charge >= 0.3 is 12.0 Å². The highest BCUT2D eigenvalue weighted by Crippen LogP contribution is 2.41. The van der Waals surface area contributed by atoms with Gasteiger partial charge in [-0.2, -0.15) is 9.97 Å². The van der Waals surface area contributed by atoms with Crippen LogP contribution in [0.25, 0.3) is 10.8 Å². The Morgan fingerprint density at radius 1 is 1.18 bits per heavy atom. The molecule has 4 heterocycles. The number of alkyl halides is 1. The molecular weight excluding hydrogens is 584 g/mol. The number of anilines is 2. The van der Waals surface area contributed by atoms with Crippen molar-refractivity contribution in [2.75, 3.05) is 64.0 Å². The van der Waals surface area contributed by atoms with Crippen LogP contribution in [-0.2, 0) is 33.7 Å². The van der Waals surface area contributed by atoms with Gasteiger partial charge in [0, 0.05) is 55.9 Å². The Balaban J connectivity index is 1.34. The molecule has 6 rings (SSSR count). The molecule has 2 fully saturated rings. The minimum atomic E-state index is -0.862. The third-order valence-electron chi connectivity index (χ3n) is 9.28. The van der Waals surface area contributed by atoms with Crippen LogP contribution in [-0.4, -0.2) is 86.3 Å². The van der Waals surface area contributed by atoms with Gasteiger partial charge in [0.15, 0.2) is 6.79 Å². The smallest absolute Gasteiger partial charge is 0.318 e. The van der Waals surface area contributed by atoms with Crippen molar-refractivity contribution in [2.24, 2.45) is 0 Å². The summed E-state index contributed by atoms with van der Waals surface area (Å²) in [4.78, 5) is 25.8. The number of ether oxygens (including phenoxy) is 4. The second-order valence-corrected chi connectivity index (χ2v) is 12.0. The van der Waals surface area contributed by atoms with Gasteiger partial charge < -0.3 is 29.2 Å². The molecule has 0 radical (unpaired) electrons. The molecule has 2 saturated heterocycles. The van der Waals surface area contributed by atoms with E-state index in [2.05, 4.69) is 15.1 Å². The van der Waals surface area contributed by atoms with Crippen molar-refractivity contribution in [1.82, 2.24) is 14.9 Å². The number of nitrogens with one attached hydrogen (secondary N) is 1. The van der Waals surface area contributed by atoms with Gasteiger partial charge in [0.25, 0.3) is 0 Å². The molecule has 45 heavy (non-hydrogen) atoms. The summed E-state index contributed by atoms with van der Waals surface area (Å²) in [5.41, 5.74) is 2.86. The standard InChI is InChI=1S/C33H41F2N5O5/c1-4-24-26(35)7-6-21-14-23(45-20-42-2)15-28(30(21)24)39-13-9-25-27(18-39)37-32(38-31(25)36-11-8-29(41)43-3)44-19-33-10-5-12-40(33)17-22(34)16-33/h6-7,14-15,22H,4-5,8-13,16-20H2,1-3H3,(H,36,37,38)/t22-,33+/m1/s1. The zero-order valence-corrected chi connectivity index (χ0v) is 26.2. The van der Waals surface area contributed by atoms with Crippen LogP contribution >= 0.6 is 0 Å². The largest absolute Gasteiger partial charge is 0.469 e. The van der Waals surface area contributed by atoms with Crippen LogP contribution in [0.3, 0.4) is 0 Å². The van der Waals surface area contributed by atoms with E-state index in [1.165, 1.54) is 13.2 Å². The lowest BCUT2D eigenvalue weighted by Gasteiger charge is -2.33. The number of fused-ring (bicyclic) bond motifs is 3. The molecule has 1 N–H and O–H groups in total. The van der Waals surface area contributed by atoms with E-state index in [1.54, 1.807) is 13.2 Å². The predicted molar refractivity (Wildman–Crippen MR) is 166 cm³/mol. The number of aromatic nitrogens is 2. The molecule has 0 amide bonds. The highest BCUT2D eigenvalue weighted by atomic mass is 19.1. The predicted octanol–water partition coefficient (Wildman–Crippen LogP) is 4.81. The molecule has 2 atom stereocenters. The fourth-order valence-corrected chi connectivity index (χ4v) is 7.13. The lowest BCUT2D eigenvalue weighted by molar-refractivity contribution is -0.140. The molecule has 3 aliphatic heterocycles. The highest BCUT2D eigenvalue weighted by Gasteiger charge is 2.49. The maximum absolute atomic E-state index is 15.1. The molecule has 0 spiro atoms.